The molecule has 29 heavy (non-hydrogen) atoms. The first kappa shape index (κ1) is 20.7. The molecule has 154 valence electrons. The number of nitrogens with zero attached hydrogens (tertiary/aromatic N) is 1. The number of hydrogen-bond donors (Lipinski definition) is 1. The zero-order valence-electron chi connectivity index (χ0n) is 16.7. The van der Waals surface area contributed by atoms with Crippen molar-refractivity contribution in [2.45, 2.75) is 20.0 Å². The van der Waals surface area contributed by atoms with Crippen LogP contribution in [0.15, 0.2) is 48.5 Å². The van der Waals surface area contributed by atoms with E-state index in [1.54, 1.807) is 6.07 Å². The van der Waals surface area contributed by atoms with Crippen LogP contribution in [-0.4, -0.2) is 50.9 Å². The van der Waals surface area contributed by atoms with E-state index in [0.717, 1.165) is 37.6 Å². The van der Waals surface area contributed by atoms with E-state index in [1.807, 2.05) is 49.4 Å². The fourth-order valence-electron chi connectivity index (χ4n) is 2.96. The van der Waals surface area contributed by atoms with Gasteiger partial charge in [-0.05, 0) is 49.7 Å². The first-order chi connectivity index (χ1) is 14.0. The second-order valence-electron chi connectivity index (χ2n) is 6.82. The summed E-state index contributed by atoms with van der Waals surface area (Å²) in [5, 5.41) is 2.76. The Balaban J connectivity index is 1.45. The number of esters is 1. The van der Waals surface area contributed by atoms with Gasteiger partial charge in [-0.15, -0.1) is 0 Å². The Hall–Kier alpha value is -3.06. The summed E-state index contributed by atoms with van der Waals surface area (Å²) in [6, 6.07) is 15.0. The minimum Gasteiger partial charge on any atom is -0.482 e. The van der Waals surface area contributed by atoms with Gasteiger partial charge in [-0.1, -0.05) is 18.2 Å². The molecule has 0 radical (unpaired) electrons. The number of ether oxygens (including phenoxy) is 3. The molecule has 0 bridgehead atoms. The van der Waals surface area contributed by atoms with E-state index in [0.29, 0.717) is 11.4 Å². The summed E-state index contributed by atoms with van der Waals surface area (Å²) in [7, 11) is 0. The molecule has 7 nitrogen and oxygen atoms in total. The average molecular weight is 398 g/mol. The Kier molecular flexibility index (Phi) is 7.08. The standard InChI is InChI=1S/C22H26N2O5/c1-16-5-3-4-6-20(16)28-15-21(25)29-17(2)22(26)23-18-7-9-19(10-8-18)24-11-13-27-14-12-24/h3-10,17H,11-15H2,1-2H3,(H,23,26)/t17-/m0/s1. The molecule has 0 aliphatic carbocycles. The number of rotatable bonds is 7. The maximum absolute atomic E-state index is 12.3. The van der Waals surface area contributed by atoms with Gasteiger partial charge in [0.05, 0.1) is 13.2 Å². The molecule has 1 heterocycles. The van der Waals surface area contributed by atoms with Gasteiger partial charge in [-0.25, -0.2) is 4.79 Å². The van der Waals surface area contributed by atoms with Crippen LogP contribution in [0.1, 0.15) is 12.5 Å². The fraction of sp³-hybridized carbons (Fsp3) is 0.364. The van der Waals surface area contributed by atoms with Gasteiger partial charge in [0.2, 0.25) is 0 Å². The van der Waals surface area contributed by atoms with Crippen molar-refractivity contribution in [1.29, 1.82) is 0 Å². The van der Waals surface area contributed by atoms with Crippen LogP contribution in [0.3, 0.4) is 0 Å². The van der Waals surface area contributed by atoms with Crippen molar-refractivity contribution in [2.75, 3.05) is 43.1 Å². The van der Waals surface area contributed by atoms with E-state index >= 15 is 0 Å². The summed E-state index contributed by atoms with van der Waals surface area (Å²) in [6.07, 6.45) is -0.929. The predicted octanol–water partition coefficient (Wildman–Crippen LogP) is 2.78. The van der Waals surface area contributed by atoms with Gasteiger partial charge < -0.3 is 24.4 Å². The first-order valence-electron chi connectivity index (χ1n) is 9.64. The summed E-state index contributed by atoms with van der Waals surface area (Å²) < 4.78 is 16.0. The molecule has 1 atom stereocenters. The fourth-order valence-corrected chi connectivity index (χ4v) is 2.96. The Morgan fingerprint density at radius 1 is 1.10 bits per heavy atom. The molecule has 7 heteroatoms. The smallest absolute Gasteiger partial charge is 0.344 e. The van der Waals surface area contributed by atoms with Crippen molar-refractivity contribution in [1.82, 2.24) is 0 Å². The molecule has 0 spiro atoms. The van der Waals surface area contributed by atoms with E-state index in [1.165, 1.54) is 6.92 Å². The first-order valence-corrected chi connectivity index (χ1v) is 9.64. The molecule has 1 amide bonds. The van der Waals surface area contributed by atoms with E-state index in [4.69, 9.17) is 14.2 Å². The van der Waals surface area contributed by atoms with Gasteiger partial charge in [0, 0.05) is 24.5 Å². The molecule has 0 aromatic heterocycles. The molecule has 0 saturated carbocycles. The molecule has 1 aliphatic heterocycles. The predicted molar refractivity (Wildman–Crippen MR) is 110 cm³/mol. The maximum atomic E-state index is 12.3. The number of carbonyl (C=O) groups excluding carboxylic acids is 2. The number of carbonyl (C=O) groups is 2. The number of amides is 1. The molecule has 1 N–H and O–H groups in total. The highest BCUT2D eigenvalue weighted by molar-refractivity contribution is 5.95. The van der Waals surface area contributed by atoms with Gasteiger partial charge in [0.1, 0.15) is 5.75 Å². The van der Waals surface area contributed by atoms with Gasteiger partial charge in [-0.3, -0.25) is 4.79 Å². The summed E-state index contributed by atoms with van der Waals surface area (Å²) >= 11 is 0. The van der Waals surface area contributed by atoms with Gasteiger partial charge >= 0.3 is 5.97 Å². The lowest BCUT2D eigenvalue weighted by molar-refractivity contribution is -0.155. The Bertz CT molecular complexity index is 831. The number of para-hydroxylation sites is 1. The minimum atomic E-state index is -0.929. The van der Waals surface area contributed by atoms with Crippen LogP contribution in [0, 0.1) is 6.92 Å². The second kappa shape index (κ2) is 9.93. The van der Waals surface area contributed by atoms with Crippen LogP contribution in [0.4, 0.5) is 11.4 Å². The lowest BCUT2D eigenvalue weighted by Gasteiger charge is -2.28. The summed E-state index contributed by atoms with van der Waals surface area (Å²) in [4.78, 5) is 26.5. The SMILES string of the molecule is Cc1ccccc1OCC(=O)O[C@@H](C)C(=O)Nc1ccc(N2CCOCC2)cc1. The van der Waals surface area contributed by atoms with Crippen molar-refractivity contribution < 1.29 is 23.8 Å². The molecule has 1 aliphatic rings. The molecule has 0 unspecified atom stereocenters. The van der Waals surface area contributed by atoms with Crippen molar-refractivity contribution in [2.24, 2.45) is 0 Å². The molecular formula is C22H26N2O5. The highest BCUT2D eigenvalue weighted by Crippen LogP contribution is 2.19. The monoisotopic (exact) mass is 398 g/mol. The highest BCUT2D eigenvalue weighted by Gasteiger charge is 2.19. The van der Waals surface area contributed by atoms with Crippen LogP contribution >= 0.6 is 0 Å². The summed E-state index contributed by atoms with van der Waals surface area (Å²) in [5.41, 5.74) is 2.65. The molecule has 2 aromatic carbocycles. The van der Waals surface area contributed by atoms with E-state index < -0.39 is 18.0 Å². The summed E-state index contributed by atoms with van der Waals surface area (Å²) in [5.74, 6) is -0.381. The second-order valence-corrected chi connectivity index (χ2v) is 6.82. The Morgan fingerprint density at radius 3 is 2.48 bits per heavy atom. The van der Waals surface area contributed by atoms with Gasteiger partial charge in [0.25, 0.3) is 5.91 Å². The molecule has 3 rings (SSSR count). The van der Waals surface area contributed by atoms with Crippen LogP contribution in [0.25, 0.3) is 0 Å². The van der Waals surface area contributed by atoms with Crippen molar-refractivity contribution >= 4 is 23.3 Å². The van der Waals surface area contributed by atoms with Crippen LogP contribution in [0.5, 0.6) is 5.75 Å². The lowest BCUT2D eigenvalue weighted by atomic mass is 10.2. The third-order valence-electron chi connectivity index (χ3n) is 4.63. The number of hydrogen-bond acceptors (Lipinski definition) is 6. The molecule has 2 aromatic rings. The van der Waals surface area contributed by atoms with Crippen LogP contribution < -0.4 is 15.0 Å². The Morgan fingerprint density at radius 2 is 1.79 bits per heavy atom. The number of benzene rings is 2. The number of nitrogens with one attached hydrogen (secondary N) is 1. The van der Waals surface area contributed by atoms with Crippen molar-refractivity contribution in [3.05, 3.63) is 54.1 Å². The molecule has 1 saturated heterocycles. The zero-order valence-corrected chi connectivity index (χ0v) is 16.7. The number of anilines is 2. The zero-order chi connectivity index (χ0) is 20.6. The summed E-state index contributed by atoms with van der Waals surface area (Å²) in [6.45, 7) is 6.30. The van der Waals surface area contributed by atoms with Crippen LogP contribution in [0.2, 0.25) is 0 Å². The largest absolute Gasteiger partial charge is 0.482 e. The minimum absolute atomic E-state index is 0.253. The highest BCUT2D eigenvalue weighted by atomic mass is 16.6. The van der Waals surface area contributed by atoms with Crippen LogP contribution in [-0.2, 0) is 19.1 Å². The lowest BCUT2D eigenvalue weighted by Crippen LogP contribution is -2.36. The van der Waals surface area contributed by atoms with Gasteiger partial charge in [0.15, 0.2) is 12.7 Å². The van der Waals surface area contributed by atoms with E-state index in [9.17, 15) is 9.59 Å². The number of morpholine rings is 1. The quantitative estimate of drug-likeness (QED) is 0.723. The topological polar surface area (TPSA) is 77.1 Å². The number of aryl methyl sites for hydroxylation is 1. The third-order valence-corrected chi connectivity index (χ3v) is 4.63. The van der Waals surface area contributed by atoms with E-state index in [2.05, 4.69) is 10.2 Å². The maximum Gasteiger partial charge on any atom is 0.344 e. The Labute approximate surface area is 170 Å². The molecular weight excluding hydrogens is 372 g/mol. The molecule has 1 fully saturated rings. The average Bonchev–Trinajstić information content (AvgIpc) is 2.74. The van der Waals surface area contributed by atoms with Gasteiger partial charge in [-0.2, -0.15) is 0 Å². The van der Waals surface area contributed by atoms with E-state index in [-0.39, 0.29) is 6.61 Å². The third kappa shape index (κ3) is 5.96. The normalized spacial score (nSPS) is 14.8. The van der Waals surface area contributed by atoms with Crippen molar-refractivity contribution in [3.8, 4) is 5.75 Å². The van der Waals surface area contributed by atoms with Crippen molar-refractivity contribution in [3.63, 3.8) is 0 Å².